The van der Waals surface area contributed by atoms with E-state index < -0.39 is 11.9 Å². The van der Waals surface area contributed by atoms with Crippen molar-refractivity contribution in [2.45, 2.75) is 12.3 Å². The fourth-order valence-electron chi connectivity index (χ4n) is 3.87. The summed E-state index contributed by atoms with van der Waals surface area (Å²) in [5.41, 5.74) is 1.62. The summed E-state index contributed by atoms with van der Waals surface area (Å²) in [6.45, 7) is 0.300. The maximum absolute atomic E-state index is 12.7. The molecule has 0 bridgehead atoms. The van der Waals surface area contributed by atoms with Crippen LogP contribution in [0.1, 0.15) is 28.3 Å². The van der Waals surface area contributed by atoms with Crippen molar-refractivity contribution in [2.75, 3.05) is 11.9 Å². The van der Waals surface area contributed by atoms with Crippen molar-refractivity contribution in [3.63, 3.8) is 0 Å². The molecule has 1 aliphatic heterocycles. The lowest BCUT2D eigenvalue weighted by atomic mass is 9.93. The Hall–Kier alpha value is -3.81. The van der Waals surface area contributed by atoms with Crippen LogP contribution in [0.25, 0.3) is 10.9 Å². The molecule has 5 rings (SSSR count). The van der Waals surface area contributed by atoms with Gasteiger partial charge in [-0.3, -0.25) is 9.59 Å². The molecule has 7 nitrogen and oxygen atoms in total. The smallest absolute Gasteiger partial charge is 0.311 e. The fraction of sp³-hybridized carbons (Fsp3) is 0.115. The molecule has 9 heteroatoms. The summed E-state index contributed by atoms with van der Waals surface area (Å²) in [5, 5.41) is 14.0. The number of fused-ring (bicyclic) bond motifs is 2. The number of halogens is 2. The third kappa shape index (κ3) is 4.87. The van der Waals surface area contributed by atoms with Crippen molar-refractivity contribution in [3.05, 3.63) is 87.9 Å². The second kappa shape index (κ2) is 9.44. The van der Waals surface area contributed by atoms with E-state index in [1.807, 2.05) is 12.1 Å². The maximum Gasteiger partial charge on any atom is 0.311 e. The first-order valence-electron chi connectivity index (χ1n) is 10.7. The fourth-order valence-corrected chi connectivity index (χ4v) is 4.25. The molecule has 3 aromatic carbocycles. The molecule has 0 aliphatic carbocycles. The number of pyridine rings is 1. The summed E-state index contributed by atoms with van der Waals surface area (Å²) in [6, 6.07) is 18.6. The number of hydrogen-bond donors (Lipinski definition) is 2. The first-order valence-corrected chi connectivity index (χ1v) is 11.5. The summed E-state index contributed by atoms with van der Waals surface area (Å²) >= 11 is 12.4. The zero-order valence-corrected chi connectivity index (χ0v) is 19.6. The average molecular weight is 509 g/mol. The highest BCUT2D eigenvalue weighted by atomic mass is 35.5. The predicted octanol–water partition coefficient (Wildman–Crippen LogP) is 6.54. The van der Waals surface area contributed by atoms with Gasteiger partial charge in [0.15, 0.2) is 0 Å². The Bertz CT molecular complexity index is 1460. The summed E-state index contributed by atoms with van der Waals surface area (Å²) in [5.74, 6) is -0.299. The Morgan fingerprint density at radius 3 is 2.57 bits per heavy atom. The highest BCUT2D eigenvalue weighted by molar-refractivity contribution is 6.32. The molecular weight excluding hydrogens is 491 g/mol. The van der Waals surface area contributed by atoms with Gasteiger partial charge in [-0.15, -0.1) is 0 Å². The lowest BCUT2D eigenvalue weighted by Crippen LogP contribution is -2.20. The molecular formula is C26H18Cl2N2O5. The van der Waals surface area contributed by atoms with Crippen LogP contribution < -0.4 is 14.8 Å². The van der Waals surface area contributed by atoms with Gasteiger partial charge in [-0.25, -0.2) is 4.98 Å². The van der Waals surface area contributed by atoms with Gasteiger partial charge in [0.25, 0.3) is 5.91 Å². The van der Waals surface area contributed by atoms with Crippen LogP contribution in [0.4, 0.5) is 5.82 Å². The molecule has 1 aliphatic rings. The van der Waals surface area contributed by atoms with E-state index in [0.717, 1.165) is 5.39 Å². The minimum Gasteiger partial charge on any atom is -0.493 e. The van der Waals surface area contributed by atoms with Gasteiger partial charge in [0.2, 0.25) is 0 Å². The number of carbonyl (C=O) groups is 2. The maximum atomic E-state index is 12.7. The number of nitrogens with zero attached hydrogens (tertiary/aromatic N) is 1. The van der Waals surface area contributed by atoms with Crippen LogP contribution in [0.3, 0.4) is 0 Å². The van der Waals surface area contributed by atoms with Crippen LogP contribution in [0.5, 0.6) is 17.2 Å². The largest absolute Gasteiger partial charge is 0.493 e. The van der Waals surface area contributed by atoms with Crippen molar-refractivity contribution in [3.8, 4) is 17.2 Å². The summed E-state index contributed by atoms with van der Waals surface area (Å²) in [6.07, 6.45) is 0.380. The zero-order valence-electron chi connectivity index (χ0n) is 18.1. The molecule has 1 unspecified atom stereocenters. The number of hydrogen-bond acceptors (Lipinski definition) is 5. The predicted molar refractivity (Wildman–Crippen MR) is 133 cm³/mol. The minimum atomic E-state index is -0.921. The van der Waals surface area contributed by atoms with Crippen LogP contribution in [0.15, 0.2) is 66.7 Å². The monoisotopic (exact) mass is 508 g/mol. The van der Waals surface area contributed by atoms with Gasteiger partial charge in [0.05, 0.1) is 23.1 Å². The van der Waals surface area contributed by atoms with Crippen LogP contribution in [-0.4, -0.2) is 28.6 Å². The van der Waals surface area contributed by atoms with Crippen molar-refractivity contribution in [2.24, 2.45) is 0 Å². The molecule has 35 heavy (non-hydrogen) atoms. The Labute approximate surface area is 210 Å². The van der Waals surface area contributed by atoms with E-state index in [1.54, 1.807) is 54.6 Å². The third-order valence-electron chi connectivity index (χ3n) is 5.64. The molecule has 0 spiro atoms. The Balaban J connectivity index is 1.30. The minimum absolute atomic E-state index is 0.268. The molecule has 1 atom stereocenters. The summed E-state index contributed by atoms with van der Waals surface area (Å²) in [7, 11) is 0. The highest BCUT2D eigenvalue weighted by Gasteiger charge is 2.29. The van der Waals surface area contributed by atoms with Crippen molar-refractivity contribution >= 4 is 51.8 Å². The third-order valence-corrected chi connectivity index (χ3v) is 6.17. The van der Waals surface area contributed by atoms with Gasteiger partial charge in [0.1, 0.15) is 23.1 Å². The molecule has 1 amide bonds. The van der Waals surface area contributed by atoms with E-state index in [0.29, 0.717) is 57.8 Å². The quantitative estimate of drug-likeness (QED) is 0.317. The van der Waals surface area contributed by atoms with Crippen LogP contribution in [-0.2, 0) is 4.79 Å². The second-order valence-electron chi connectivity index (χ2n) is 7.96. The Kier molecular flexibility index (Phi) is 6.19. The number of aromatic nitrogens is 1. The standard InChI is InChI=1S/C26H18Cl2N2O5/c27-16-5-1-14-4-8-24(29-21(14)11-16)30-25(31)15-2-6-17(7-3-15)35-23-13-22-19(12-20(23)28)18(26(32)33)9-10-34-22/h1-8,11-13,18H,9-10H2,(H,32,33)(H,29,30,31). The van der Waals surface area contributed by atoms with Crippen LogP contribution >= 0.6 is 23.2 Å². The molecule has 0 fully saturated rings. The van der Waals surface area contributed by atoms with E-state index in [-0.39, 0.29) is 10.9 Å². The topological polar surface area (TPSA) is 97.8 Å². The van der Waals surface area contributed by atoms with Crippen molar-refractivity contribution in [1.29, 1.82) is 0 Å². The Morgan fingerprint density at radius 2 is 1.80 bits per heavy atom. The van der Waals surface area contributed by atoms with E-state index in [9.17, 15) is 14.7 Å². The van der Waals surface area contributed by atoms with Gasteiger partial charge < -0.3 is 19.9 Å². The number of rotatable bonds is 5. The molecule has 2 heterocycles. The van der Waals surface area contributed by atoms with Crippen LogP contribution in [0.2, 0.25) is 10.0 Å². The number of carboxylic acid groups (broad SMARTS) is 1. The SMILES string of the molecule is O=C(Nc1ccc2ccc(Cl)cc2n1)c1ccc(Oc2cc3c(cc2Cl)C(C(=O)O)CCO3)cc1. The molecule has 1 aromatic heterocycles. The van der Waals surface area contributed by atoms with Gasteiger partial charge in [-0.1, -0.05) is 29.3 Å². The van der Waals surface area contributed by atoms with Crippen LogP contribution in [0, 0.1) is 0 Å². The van der Waals surface area contributed by atoms with Gasteiger partial charge in [-0.05, 0) is 61.0 Å². The lowest BCUT2D eigenvalue weighted by molar-refractivity contribution is -0.139. The molecule has 0 saturated heterocycles. The van der Waals surface area contributed by atoms with E-state index in [2.05, 4.69) is 10.3 Å². The second-order valence-corrected chi connectivity index (χ2v) is 8.81. The molecule has 0 radical (unpaired) electrons. The molecule has 176 valence electrons. The normalized spacial score (nSPS) is 14.6. The number of carboxylic acids is 1. The van der Waals surface area contributed by atoms with E-state index in [4.69, 9.17) is 32.7 Å². The lowest BCUT2D eigenvalue weighted by Gasteiger charge is -2.24. The zero-order chi connectivity index (χ0) is 24.5. The molecule has 4 aromatic rings. The van der Waals surface area contributed by atoms with E-state index in [1.165, 1.54) is 0 Å². The Morgan fingerprint density at radius 1 is 1.03 bits per heavy atom. The molecule has 2 N–H and O–H groups in total. The number of ether oxygens (including phenoxy) is 2. The van der Waals surface area contributed by atoms with Gasteiger partial charge in [0, 0.05) is 27.6 Å². The first kappa shape index (κ1) is 23.0. The first-order chi connectivity index (χ1) is 16.9. The number of amides is 1. The highest BCUT2D eigenvalue weighted by Crippen LogP contribution is 2.41. The molecule has 0 saturated carbocycles. The number of benzene rings is 3. The van der Waals surface area contributed by atoms with Crippen molar-refractivity contribution in [1.82, 2.24) is 4.98 Å². The summed E-state index contributed by atoms with van der Waals surface area (Å²) < 4.78 is 11.5. The number of nitrogens with one attached hydrogen (secondary N) is 1. The average Bonchev–Trinajstić information content (AvgIpc) is 2.84. The summed E-state index contributed by atoms with van der Waals surface area (Å²) in [4.78, 5) is 28.6. The van der Waals surface area contributed by atoms with Crippen molar-refractivity contribution < 1.29 is 24.2 Å². The number of carbonyl (C=O) groups excluding carboxylic acids is 1. The van der Waals surface area contributed by atoms with Gasteiger partial charge in [-0.2, -0.15) is 0 Å². The number of aliphatic carboxylic acids is 1. The number of anilines is 1. The van der Waals surface area contributed by atoms with E-state index >= 15 is 0 Å². The van der Waals surface area contributed by atoms with Gasteiger partial charge >= 0.3 is 5.97 Å².